The number of nitrogens with one attached hydrogen (secondary N) is 2. The van der Waals surface area contributed by atoms with Gasteiger partial charge < -0.3 is 169 Å². The van der Waals surface area contributed by atoms with E-state index in [0.29, 0.717) is 0 Å². The number of rotatable bonds is 19. The van der Waals surface area contributed by atoms with Crippen molar-refractivity contribution in [3.63, 3.8) is 0 Å². The van der Waals surface area contributed by atoms with Gasteiger partial charge in [-0.1, -0.05) is 0 Å². The lowest BCUT2D eigenvalue weighted by atomic mass is 9.93. The second-order valence-electron chi connectivity index (χ2n) is 20.7. The number of ether oxygens (including phenoxy) is 13. The topological polar surface area (TPSA) is 563 Å². The molecule has 0 aliphatic carbocycles. The number of aliphatic hydroxyl groups excluding tert-OH is 19. The van der Waals surface area contributed by atoms with Gasteiger partial charge >= 0.3 is 0 Å². The zero-order chi connectivity index (χ0) is 59.6. The van der Waals surface area contributed by atoms with Gasteiger partial charge in [-0.05, 0) is 6.92 Å². The molecule has 7 heterocycles. The van der Waals surface area contributed by atoms with E-state index >= 15 is 0 Å². The summed E-state index contributed by atoms with van der Waals surface area (Å²) in [6.07, 6.45) is -59.7. The van der Waals surface area contributed by atoms with E-state index in [1.807, 2.05) is 0 Å². The van der Waals surface area contributed by atoms with Gasteiger partial charge in [0.2, 0.25) is 11.8 Å². The summed E-state index contributed by atoms with van der Waals surface area (Å²) in [7, 11) is 0. The highest BCUT2D eigenvalue weighted by Crippen LogP contribution is 2.37. The monoisotopic (exact) mass is 1190 g/mol. The van der Waals surface area contributed by atoms with Gasteiger partial charge in [-0.15, -0.1) is 0 Å². The number of carbonyl (C=O) groups is 2. The molecule has 36 heteroatoms. The number of hydrogen-bond acceptors (Lipinski definition) is 34. The molecule has 470 valence electrons. The van der Waals surface area contributed by atoms with Gasteiger partial charge in [0, 0.05) is 13.8 Å². The first kappa shape index (κ1) is 66.2. The van der Waals surface area contributed by atoms with Crippen LogP contribution in [0.4, 0.5) is 0 Å². The molecule has 0 radical (unpaired) electrons. The third-order valence-electron chi connectivity index (χ3n) is 14.9. The van der Waals surface area contributed by atoms with E-state index in [1.54, 1.807) is 0 Å². The van der Waals surface area contributed by atoms with E-state index in [1.165, 1.54) is 6.92 Å². The summed E-state index contributed by atoms with van der Waals surface area (Å²) in [4.78, 5) is 25.3. The Labute approximate surface area is 459 Å². The van der Waals surface area contributed by atoms with Gasteiger partial charge in [-0.25, -0.2) is 0 Å². The molecule has 36 nitrogen and oxygen atoms in total. The predicted octanol–water partition coefficient (Wildman–Crippen LogP) is -14.3. The number of carbonyl (C=O) groups excluding carboxylic acids is 2. The Balaban J connectivity index is 1.13. The molecular formula is C45H76N2O34. The molecule has 7 fully saturated rings. The Morgan fingerprint density at radius 3 is 1.40 bits per heavy atom. The minimum absolute atomic E-state index is 0.643. The molecule has 21 N–H and O–H groups in total. The van der Waals surface area contributed by atoms with Crippen LogP contribution in [0, 0.1) is 0 Å². The van der Waals surface area contributed by atoms with Crippen molar-refractivity contribution in [3.8, 4) is 0 Å². The average Bonchev–Trinajstić information content (AvgIpc) is 3.53. The molecule has 7 saturated heterocycles. The van der Waals surface area contributed by atoms with Crippen LogP contribution >= 0.6 is 0 Å². The number of aliphatic hydroxyl groups is 19. The van der Waals surface area contributed by atoms with Crippen LogP contribution in [-0.2, 0) is 71.2 Å². The van der Waals surface area contributed by atoms with Crippen LogP contribution < -0.4 is 10.6 Å². The van der Waals surface area contributed by atoms with Gasteiger partial charge in [0.1, 0.15) is 159 Å². The first-order valence-corrected chi connectivity index (χ1v) is 25.9. The maximum Gasteiger partial charge on any atom is 0.217 e. The molecule has 0 aromatic heterocycles. The Bertz CT molecular complexity index is 1990. The van der Waals surface area contributed by atoms with Crippen molar-refractivity contribution in [1.82, 2.24) is 10.6 Å². The summed E-state index contributed by atoms with van der Waals surface area (Å²) < 4.78 is 75.0. The summed E-state index contributed by atoms with van der Waals surface area (Å²) in [5.74, 6) is -1.66. The number of hydrogen-bond donors (Lipinski definition) is 21. The van der Waals surface area contributed by atoms with E-state index in [4.69, 9.17) is 61.6 Å². The average molecular weight is 1190 g/mol. The molecule has 7 rings (SSSR count). The van der Waals surface area contributed by atoms with Crippen molar-refractivity contribution in [2.75, 3.05) is 39.6 Å². The van der Waals surface area contributed by atoms with E-state index in [2.05, 4.69) is 10.6 Å². The van der Waals surface area contributed by atoms with E-state index in [9.17, 15) is 107 Å². The minimum Gasteiger partial charge on any atom is -0.394 e. The van der Waals surface area contributed by atoms with Crippen molar-refractivity contribution in [2.45, 2.75) is 229 Å². The zero-order valence-electron chi connectivity index (χ0n) is 43.5. The first-order valence-electron chi connectivity index (χ1n) is 25.9. The largest absolute Gasteiger partial charge is 0.394 e. The van der Waals surface area contributed by atoms with Crippen LogP contribution in [0.25, 0.3) is 0 Å². The van der Waals surface area contributed by atoms with E-state index in [-0.39, 0.29) is 0 Å². The van der Waals surface area contributed by atoms with Crippen LogP contribution in [0.15, 0.2) is 0 Å². The van der Waals surface area contributed by atoms with Crippen molar-refractivity contribution in [2.24, 2.45) is 0 Å². The Morgan fingerprint density at radius 1 is 0.395 bits per heavy atom. The van der Waals surface area contributed by atoms with Crippen molar-refractivity contribution in [3.05, 3.63) is 0 Å². The minimum atomic E-state index is -2.22. The lowest BCUT2D eigenvalue weighted by Crippen LogP contribution is -2.71. The number of amides is 2. The zero-order valence-corrected chi connectivity index (χ0v) is 43.5. The highest BCUT2D eigenvalue weighted by Gasteiger charge is 2.58. The molecule has 0 bridgehead atoms. The molecule has 0 spiro atoms. The van der Waals surface area contributed by atoms with Crippen LogP contribution in [-0.4, -0.2) is 357 Å². The first-order chi connectivity index (χ1) is 38.2. The van der Waals surface area contributed by atoms with Crippen molar-refractivity contribution in [1.29, 1.82) is 0 Å². The normalized spacial score (nSPS) is 50.8. The second kappa shape index (κ2) is 28.4. The molecular weight excluding hydrogens is 1110 g/mol. The molecule has 2 amide bonds. The predicted molar refractivity (Wildman–Crippen MR) is 248 cm³/mol. The third-order valence-corrected chi connectivity index (χ3v) is 14.9. The molecule has 81 heavy (non-hydrogen) atoms. The Hall–Kier alpha value is -2.34. The van der Waals surface area contributed by atoms with Crippen LogP contribution in [0.3, 0.4) is 0 Å². The summed E-state index contributed by atoms with van der Waals surface area (Å²) in [6.45, 7) is -1.89. The summed E-state index contributed by atoms with van der Waals surface area (Å²) >= 11 is 0. The van der Waals surface area contributed by atoms with Crippen molar-refractivity contribution >= 4 is 11.8 Å². The van der Waals surface area contributed by atoms with E-state index < -0.39 is 260 Å². The lowest BCUT2D eigenvalue weighted by molar-refractivity contribution is -0.389. The van der Waals surface area contributed by atoms with Gasteiger partial charge in [0.15, 0.2) is 44.0 Å². The summed E-state index contributed by atoms with van der Waals surface area (Å²) in [5.41, 5.74) is 0. The maximum atomic E-state index is 12.9. The van der Waals surface area contributed by atoms with Gasteiger partial charge in [-0.2, -0.15) is 0 Å². The molecule has 7 aliphatic rings. The Kier molecular flexibility index (Phi) is 23.2. The van der Waals surface area contributed by atoms with Gasteiger partial charge in [-0.3, -0.25) is 9.59 Å². The van der Waals surface area contributed by atoms with E-state index in [0.717, 1.165) is 13.8 Å². The lowest BCUT2D eigenvalue weighted by Gasteiger charge is -2.51. The summed E-state index contributed by atoms with van der Waals surface area (Å²) in [6, 6.07) is -3.49. The summed E-state index contributed by atoms with van der Waals surface area (Å²) in [5, 5.41) is 209. The van der Waals surface area contributed by atoms with Crippen LogP contribution in [0.1, 0.15) is 20.8 Å². The standard InChI is InChI=1S/C45H76N2O34/c1-10-21(54)27(60)34(67)44(72-10)80-37-20(47-12(3)52)39(68)73-16(6-50)36(37)79-40-19(46-11(2)51)26(59)35(15(5-49)75-40)78-45-38(81-43-31(64)22(55)13(53)7-69-43)30(63)25(58)18(77-45)9-71-42-33(66)29(62)24(57)17(76-42)8-70-41-32(65)28(61)23(56)14(4-48)74-41/h10,13-45,48-50,53-68H,4-9H2,1-3H3,(H,46,51)(H,47,52)/t10-,13+,14+,15+,16+,17+,18+,19+,20+,21+,22-,23+,24+,25+,26+,27+,28-,29-,30-,31+,32-,33-,34-,35+,36+,37+,38-,39?,40-,41-,42-,43-,44-,45-/m0/s1. The highest BCUT2D eigenvalue weighted by molar-refractivity contribution is 5.73. The third kappa shape index (κ3) is 14.6. The molecule has 0 aromatic carbocycles. The second-order valence-corrected chi connectivity index (χ2v) is 20.7. The van der Waals surface area contributed by atoms with Crippen LogP contribution in [0.5, 0.6) is 0 Å². The quantitative estimate of drug-likeness (QED) is 0.0571. The maximum absolute atomic E-state index is 12.9. The SMILES string of the molecule is CC(=O)N[C@H]1[C@H](O[C@H]2[C@H](O[C@@H]3O[C@@H](C)[C@@H](O)[C@@H](O)[C@@H]3O)[C@@H](NC(C)=O)C(O)O[C@@H]2CO)O[C@H](CO)[C@@H](O[C@@H]2O[C@H](CO[C@H]3O[C@H](CO[C@H]4O[C@H](CO)[C@@H](O)[C@H](O)[C@@H]4O)[C@@H](O)[C@H](O)[C@@H]3O)[C@@H](O)[C@H](O)[C@@H]2O[C@@H]2OC[C@@H](O)[C@H](O)[C@H]2O)[C@@H]1O. The molecule has 0 saturated carbocycles. The Morgan fingerprint density at radius 2 is 0.827 bits per heavy atom. The van der Waals surface area contributed by atoms with Crippen molar-refractivity contribution < 1.29 is 168 Å². The van der Waals surface area contributed by atoms with Gasteiger partial charge in [0.05, 0.1) is 45.7 Å². The molecule has 34 atom stereocenters. The fourth-order valence-corrected chi connectivity index (χ4v) is 10.2. The smallest absolute Gasteiger partial charge is 0.217 e. The fraction of sp³-hybridized carbons (Fsp3) is 0.956. The van der Waals surface area contributed by atoms with Gasteiger partial charge in [0.25, 0.3) is 0 Å². The van der Waals surface area contributed by atoms with Crippen LogP contribution in [0.2, 0.25) is 0 Å². The molecule has 0 aromatic rings. The fourth-order valence-electron chi connectivity index (χ4n) is 10.2. The highest BCUT2D eigenvalue weighted by atomic mass is 16.8. The molecule has 7 aliphatic heterocycles. The molecule has 1 unspecified atom stereocenters.